The van der Waals surface area contributed by atoms with Crippen LogP contribution < -0.4 is 10.6 Å². The van der Waals surface area contributed by atoms with Crippen molar-refractivity contribution in [3.05, 3.63) is 88.0 Å². The molecule has 1 heterocycles. The van der Waals surface area contributed by atoms with Gasteiger partial charge in [-0.3, -0.25) is 19.7 Å². The smallest absolute Gasteiger partial charge is 0.471 e. The molecule has 0 saturated carbocycles. The maximum Gasteiger partial charge on any atom is 0.471 e. The third-order valence-electron chi connectivity index (χ3n) is 9.51. The number of rotatable bonds is 8. The summed E-state index contributed by atoms with van der Waals surface area (Å²) in [5, 5.41) is 39.7. The van der Waals surface area contributed by atoms with Gasteiger partial charge in [-0.05, 0) is 19.1 Å². The minimum atomic E-state index is -5.19. The minimum absolute atomic E-state index is 0.00409. The number of phenolic OH excluding ortho intramolecular Hbond substituents is 2. The van der Waals surface area contributed by atoms with Crippen molar-refractivity contribution in [3.8, 4) is 11.5 Å². The van der Waals surface area contributed by atoms with E-state index in [-0.39, 0.29) is 54.5 Å². The summed E-state index contributed by atoms with van der Waals surface area (Å²) < 4.78 is 62.3. The van der Waals surface area contributed by atoms with Gasteiger partial charge >= 0.3 is 18.2 Å². The highest BCUT2D eigenvalue weighted by Crippen LogP contribution is 2.52. The quantitative estimate of drug-likeness (QED) is 0.161. The number of benzene rings is 3. The van der Waals surface area contributed by atoms with E-state index in [9.17, 15) is 47.7 Å². The Morgan fingerprint density at radius 2 is 1.60 bits per heavy atom. The van der Waals surface area contributed by atoms with Gasteiger partial charge in [-0.2, -0.15) is 13.2 Å². The van der Waals surface area contributed by atoms with E-state index in [0.717, 1.165) is 0 Å². The second-order valence-electron chi connectivity index (χ2n) is 12.9. The number of amides is 2. The zero-order valence-electron chi connectivity index (χ0n) is 27.9. The predicted octanol–water partition coefficient (Wildman–Crippen LogP) is 4.44. The molecule has 0 aromatic heterocycles. The molecule has 5 N–H and O–H groups in total. The highest BCUT2D eigenvalue weighted by Gasteiger charge is 2.49. The van der Waals surface area contributed by atoms with Crippen LogP contribution in [0.1, 0.15) is 75.3 Å². The summed E-state index contributed by atoms with van der Waals surface area (Å²) in [5.41, 5.74) is -2.62. The summed E-state index contributed by atoms with van der Waals surface area (Å²) >= 11 is 0. The molecule has 52 heavy (non-hydrogen) atoms. The molecule has 13 nitrogen and oxygen atoms in total. The highest BCUT2D eigenvalue weighted by atomic mass is 19.4. The number of hydrogen-bond acceptors (Lipinski definition) is 11. The van der Waals surface area contributed by atoms with Crippen LogP contribution in [0.5, 0.6) is 11.5 Å². The van der Waals surface area contributed by atoms with Crippen LogP contribution in [0.15, 0.2) is 54.6 Å². The van der Waals surface area contributed by atoms with Crippen molar-refractivity contribution in [2.24, 2.45) is 0 Å². The standard InChI is InChI=1S/C36H35F3N2O11/c1-17-32(49-2)22(41-33(46)36(37,38)39)14-24(51-17)52-23-16-35(48,12-13-50-34(47)40-18-8-4-3-5-9-18)15-21-25(23)31(45)27-26(30(21)44)28(42)19-10-6-7-11-20(19)29(27)43/h3-11,17,22-24,32,44-45,48H,12-16H2,1-2H3,(H,40,47)(H,41,46)/t17-,22+,23+,24+,32+,35?/m1/s1. The fourth-order valence-electron chi connectivity index (χ4n) is 7.13. The van der Waals surface area contributed by atoms with E-state index in [1.807, 2.05) is 5.32 Å². The van der Waals surface area contributed by atoms with Crippen molar-refractivity contribution in [2.75, 3.05) is 19.0 Å². The Morgan fingerprint density at radius 3 is 2.21 bits per heavy atom. The lowest BCUT2D eigenvalue weighted by Crippen LogP contribution is -2.58. The van der Waals surface area contributed by atoms with Gasteiger partial charge in [0.25, 0.3) is 0 Å². The summed E-state index contributed by atoms with van der Waals surface area (Å²) in [6.07, 6.45) is -12.1. The number of hydrogen-bond donors (Lipinski definition) is 5. The Labute approximate surface area is 294 Å². The third kappa shape index (κ3) is 7.06. The number of alkyl halides is 3. The first-order valence-electron chi connectivity index (χ1n) is 16.3. The first-order valence-corrected chi connectivity index (χ1v) is 16.3. The van der Waals surface area contributed by atoms with Crippen LogP contribution in [-0.2, 0) is 30.2 Å². The molecule has 0 radical (unpaired) electrons. The van der Waals surface area contributed by atoms with E-state index in [1.165, 1.54) is 38.3 Å². The zero-order valence-corrected chi connectivity index (χ0v) is 27.9. The number of aromatic hydroxyl groups is 2. The first kappa shape index (κ1) is 36.8. The van der Waals surface area contributed by atoms with Crippen LogP contribution in [0, 0.1) is 0 Å². The molecule has 3 aliphatic rings. The topological polar surface area (TPSA) is 190 Å². The Balaban J connectivity index is 1.34. The number of aliphatic hydroxyl groups is 1. The second kappa shape index (κ2) is 14.2. The van der Waals surface area contributed by atoms with Crippen LogP contribution in [0.3, 0.4) is 0 Å². The Kier molecular flexibility index (Phi) is 10.0. The molecule has 2 aliphatic carbocycles. The fraction of sp³-hybridized carbons (Fsp3) is 0.389. The molecule has 6 rings (SSSR count). The number of ether oxygens (including phenoxy) is 4. The van der Waals surface area contributed by atoms with Crippen molar-refractivity contribution in [1.82, 2.24) is 5.32 Å². The van der Waals surface area contributed by atoms with Crippen LogP contribution in [0.2, 0.25) is 0 Å². The van der Waals surface area contributed by atoms with Gasteiger partial charge in [0, 0.05) is 60.7 Å². The third-order valence-corrected chi connectivity index (χ3v) is 9.51. The molecule has 3 aromatic rings. The number of methoxy groups -OCH3 is 1. The molecule has 1 unspecified atom stereocenters. The summed E-state index contributed by atoms with van der Waals surface area (Å²) in [5.74, 6) is -5.08. The van der Waals surface area contributed by atoms with Crippen LogP contribution in [0.4, 0.5) is 23.7 Å². The second-order valence-corrected chi connectivity index (χ2v) is 12.9. The van der Waals surface area contributed by atoms with E-state index in [2.05, 4.69) is 5.32 Å². The molecule has 6 atom stereocenters. The number of fused-ring (bicyclic) bond motifs is 3. The van der Waals surface area contributed by atoms with Crippen LogP contribution in [-0.4, -0.2) is 88.9 Å². The highest BCUT2D eigenvalue weighted by molar-refractivity contribution is 6.30. The fourth-order valence-corrected chi connectivity index (χ4v) is 7.13. The summed E-state index contributed by atoms with van der Waals surface area (Å²) in [7, 11) is 1.23. The SMILES string of the molecule is CO[C@@H]1[C@@H](NC(=O)C(F)(F)F)C[C@H](O[C@H]2CC(O)(CCOC(=O)Nc3ccccc3)Cc3c(O)c4c(c(O)c32)C(=O)c2ccccc2C4=O)O[C@@H]1C. The molecule has 3 aromatic carbocycles. The van der Waals surface area contributed by atoms with E-state index in [1.54, 1.807) is 30.3 Å². The normalized spacial score (nSPS) is 25.4. The summed E-state index contributed by atoms with van der Waals surface area (Å²) in [6, 6.07) is 13.0. The number of halogens is 3. The van der Waals surface area contributed by atoms with E-state index >= 15 is 0 Å². The molecule has 1 aliphatic heterocycles. The molecular weight excluding hydrogens is 693 g/mol. The van der Waals surface area contributed by atoms with Crippen LogP contribution >= 0.6 is 0 Å². The maximum atomic E-state index is 13.7. The van der Waals surface area contributed by atoms with Crippen molar-refractivity contribution in [1.29, 1.82) is 0 Å². The Morgan fingerprint density at radius 1 is 0.981 bits per heavy atom. The Hall–Kier alpha value is -5.03. The molecule has 1 saturated heterocycles. The van der Waals surface area contributed by atoms with Gasteiger partial charge in [0.2, 0.25) is 0 Å². The lowest BCUT2D eigenvalue weighted by Gasteiger charge is -2.44. The van der Waals surface area contributed by atoms with Gasteiger partial charge in [0.05, 0.1) is 41.6 Å². The van der Waals surface area contributed by atoms with Gasteiger partial charge in [-0.1, -0.05) is 42.5 Å². The van der Waals surface area contributed by atoms with Gasteiger partial charge in [-0.25, -0.2) is 4.79 Å². The van der Waals surface area contributed by atoms with E-state index in [0.29, 0.717) is 5.69 Å². The predicted molar refractivity (Wildman–Crippen MR) is 174 cm³/mol. The molecule has 0 spiro atoms. The largest absolute Gasteiger partial charge is 0.507 e. The molecule has 16 heteroatoms. The lowest BCUT2D eigenvalue weighted by atomic mass is 9.72. The van der Waals surface area contributed by atoms with Gasteiger partial charge in [0.15, 0.2) is 17.9 Å². The number of phenols is 2. The van der Waals surface area contributed by atoms with Gasteiger partial charge < -0.3 is 39.6 Å². The molecule has 2 amide bonds. The number of carbonyl (C=O) groups is 4. The average molecular weight is 729 g/mol. The number of para-hydroxylation sites is 1. The maximum absolute atomic E-state index is 13.7. The Bertz CT molecular complexity index is 1900. The van der Waals surface area contributed by atoms with Gasteiger partial charge in [0.1, 0.15) is 17.6 Å². The van der Waals surface area contributed by atoms with Crippen LogP contribution in [0.25, 0.3) is 0 Å². The zero-order chi connectivity index (χ0) is 37.5. The molecule has 0 bridgehead atoms. The first-order chi connectivity index (χ1) is 24.6. The number of ketones is 2. The van der Waals surface area contributed by atoms with E-state index in [4.69, 9.17) is 18.9 Å². The molecular formula is C36H35F3N2O11. The van der Waals surface area contributed by atoms with Gasteiger partial charge in [-0.15, -0.1) is 0 Å². The van der Waals surface area contributed by atoms with E-state index < -0.39 is 88.6 Å². The van der Waals surface area contributed by atoms with Crippen molar-refractivity contribution in [2.45, 2.75) is 75.0 Å². The number of carbonyl (C=O) groups excluding carboxylic acids is 4. The summed E-state index contributed by atoms with van der Waals surface area (Å²) in [4.78, 5) is 51.7. The lowest BCUT2D eigenvalue weighted by molar-refractivity contribution is -0.254. The summed E-state index contributed by atoms with van der Waals surface area (Å²) in [6.45, 7) is 1.15. The van der Waals surface area contributed by atoms with Crippen molar-refractivity contribution >= 4 is 29.3 Å². The monoisotopic (exact) mass is 728 g/mol. The van der Waals surface area contributed by atoms with Crippen molar-refractivity contribution < 1.29 is 66.6 Å². The molecule has 276 valence electrons. The van der Waals surface area contributed by atoms with Crippen molar-refractivity contribution in [3.63, 3.8) is 0 Å². The number of nitrogens with one attached hydrogen (secondary N) is 2. The minimum Gasteiger partial charge on any atom is -0.507 e. The number of anilines is 1. The molecule has 1 fully saturated rings. The average Bonchev–Trinajstić information content (AvgIpc) is 3.08.